The van der Waals surface area contributed by atoms with Gasteiger partial charge < -0.3 is 5.73 Å². The summed E-state index contributed by atoms with van der Waals surface area (Å²) in [5, 5.41) is 0.665. The normalized spacial score (nSPS) is 10.8. The lowest BCUT2D eigenvalue weighted by Crippen LogP contribution is -1.96. The van der Waals surface area contributed by atoms with Crippen molar-refractivity contribution in [1.29, 1.82) is 0 Å². The molecule has 0 atom stereocenters. The molecule has 0 saturated carbocycles. The summed E-state index contributed by atoms with van der Waals surface area (Å²) in [6, 6.07) is 3.67. The maximum atomic E-state index is 5.92. The van der Waals surface area contributed by atoms with E-state index in [0.29, 0.717) is 11.6 Å². The van der Waals surface area contributed by atoms with Crippen molar-refractivity contribution in [3.63, 3.8) is 0 Å². The van der Waals surface area contributed by atoms with Gasteiger partial charge in [0.15, 0.2) is 0 Å². The molecule has 3 nitrogen and oxygen atoms in total. The number of halogens is 1. The van der Waals surface area contributed by atoms with E-state index < -0.39 is 0 Å². The van der Waals surface area contributed by atoms with Crippen molar-refractivity contribution in [3.8, 4) is 0 Å². The lowest BCUT2D eigenvalue weighted by atomic mass is 10.2. The zero-order valence-electron chi connectivity index (χ0n) is 6.12. The molecule has 1 aromatic carbocycles. The fraction of sp³-hybridized carbons (Fsp3) is 0.143. The van der Waals surface area contributed by atoms with Gasteiger partial charge in [0.25, 0.3) is 0 Å². The molecule has 5 heteroatoms. The topological polar surface area (TPSA) is 51.8 Å². The van der Waals surface area contributed by atoms with Crippen LogP contribution in [0.2, 0.25) is 5.02 Å². The average Bonchev–Trinajstić information content (AvgIpc) is 2.49. The lowest BCUT2D eigenvalue weighted by molar-refractivity contribution is 1.07. The van der Waals surface area contributed by atoms with Crippen LogP contribution in [-0.2, 0) is 6.54 Å². The van der Waals surface area contributed by atoms with Gasteiger partial charge in [0.1, 0.15) is 11.0 Å². The highest BCUT2D eigenvalue weighted by atomic mass is 35.5. The first-order valence-corrected chi connectivity index (χ1v) is 4.53. The molecular weight excluding hydrogens is 194 g/mol. The van der Waals surface area contributed by atoms with Crippen LogP contribution in [-0.4, -0.2) is 8.75 Å². The summed E-state index contributed by atoms with van der Waals surface area (Å²) in [5.41, 5.74) is 8.10. The van der Waals surface area contributed by atoms with Gasteiger partial charge >= 0.3 is 0 Å². The Labute approximate surface area is 78.5 Å². The van der Waals surface area contributed by atoms with Gasteiger partial charge in [-0.25, -0.2) is 0 Å². The quantitative estimate of drug-likeness (QED) is 0.762. The van der Waals surface area contributed by atoms with E-state index in [4.69, 9.17) is 17.3 Å². The van der Waals surface area contributed by atoms with Gasteiger partial charge in [-0.15, -0.1) is 0 Å². The highest BCUT2D eigenvalue weighted by Gasteiger charge is 2.03. The zero-order chi connectivity index (χ0) is 8.55. The second-order valence-corrected chi connectivity index (χ2v) is 3.34. The van der Waals surface area contributed by atoms with Crippen LogP contribution in [0.1, 0.15) is 5.56 Å². The molecule has 0 bridgehead atoms. The molecule has 0 aliphatic carbocycles. The summed E-state index contributed by atoms with van der Waals surface area (Å²) in [4.78, 5) is 0. The smallest absolute Gasteiger partial charge is 0.106 e. The van der Waals surface area contributed by atoms with Gasteiger partial charge in [0, 0.05) is 11.6 Å². The van der Waals surface area contributed by atoms with Crippen LogP contribution < -0.4 is 5.73 Å². The number of nitrogens with zero attached hydrogens (tertiary/aromatic N) is 2. The van der Waals surface area contributed by atoms with E-state index >= 15 is 0 Å². The fourth-order valence-electron chi connectivity index (χ4n) is 1.01. The Morgan fingerprint density at radius 3 is 2.67 bits per heavy atom. The molecule has 1 aromatic heterocycles. The van der Waals surface area contributed by atoms with Crippen molar-refractivity contribution in [2.75, 3.05) is 0 Å². The van der Waals surface area contributed by atoms with Gasteiger partial charge in [0.2, 0.25) is 0 Å². The lowest BCUT2D eigenvalue weighted by Gasteiger charge is -1.98. The third-order valence-corrected chi connectivity index (χ3v) is 2.55. The molecule has 2 N–H and O–H groups in total. The molecule has 1 heterocycles. The molecule has 0 fully saturated rings. The minimum Gasteiger partial charge on any atom is -0.326 e. The van der Waals surface area contributed by atoms with E-state index in [2.05, 4.69) is 8.75 Å². The van der Waals surface area contributed by atoms with Crippen LogP contribution >= 0.6 is 23.3 Å². The zero-order valence-corrected chi connectivity index (χ0v) is 7.69. The van der Waals surface area contributed by atoms with Crippen LogP contribution in [0.15, 0.2) is 12.1 Å². The van der Waals surface area contributed by atoms with Crippen LogP contribution in [0.3, 0.4) is 0 Å². The molecule has 62 valence electrons. The van der Waals surface area contributed by atoms with Crippen LogP contribution in [0.4, 0.5) is 0 Å². The van der Waals surface area contributed by atoms with Crippen LogP contribution in [0.5, 0.6) is 0 Å². The predicted molar refractivity (Wildman–Crippen MR) is 50.3 cm³/mol. The average molecular weight is 200 g/mol. The largest absolute Gasteiger partial charge is 0.326 e. The summed E-state index contributed by atoms with van der Waals surface area (Å²) in [7, 11) is 0. The summed E-state index contributed by atoms with van der Waals surface area (Å²) in [6.45, 7) is 0.437. The summed E-state index contributed by atoms with van der Waals surface area (Å²) < 4.78 is 8.15. The second kappa shape index (κ2) is 2.97. The van der Waals surface area contributed by atoms with Gasteiger partial charge in [-0.1, -0.05) is 11.6 Å². The van der Waals surface area contributed by atoms with Gasteiger partial charge in [0.05, 0.1) is 11.7 Å². The van der Waals surface area contributed by atoms with E-state index in [1.165, 1.54) is 11.7 Å². The monoisotopic (exact) mass is 199 g/mol. The van der Waals surface area contributed by atoms with Gasteiger partial charge in [-0.05, 0) is 17.7 Å². The maximum absolute atomic E-state index is 5.92. The van der Waals surface area contributed by atoms with Crippen LogP contribution in [0.25, 0.3) is 11.0 Å². The third kappa shape index (κ3) is 1.18. The van der Waals surface area contributed by atoms with Gasteiger partial charge in [-0.3, -0.25) is 0 Å². The SMILES string of the molecule is NCc1cc2nsnc2cc1Cl. The van der Waals surface area contributed by atoms with Crippen molar-refractivity contribution in [2.24, 2.45) is 5.73 Å². The number of aromatic nitrogens is 2. The van der Waals surface area contributed by atoms with E-state index in [1.807, 2.05) is 6.07 Å². The maximum Gasteiger partial charge on any atom is 0.106 e. The Kier molecular flexibility index (Phi) is 1.96. The van der Waals surface area contributed by atoms with Crippen molar-refractivity contribution in [1.82, 2.24) is 8.75 Å². The van der Waals surface area contributed by atoms with E-state index in [1.54, 1.807) is 6.07 Å². The first-order chi connectivity index (χ1) is 5.81. The minimum absolute atomic E-state index is 0.437. The first-order valence-electron chi connectivity index (χ1n) is 3.42. The predicted octanol–water partition coefficient (Wildman–Crippen LogP) is 1.80. The Morgan fingerprint density at radius 1 is 1.33 bits per heavy atom. The summed E-state index contributed by atoms with van der Waals surface area (Å²) >= 11 is 7.10. The molecule has 0 unspecified atom stereocenters. The number of nitrogens with two attached hydrogens (primary N) is 1. The first kappa shape index (κ1) is 7.91. The van der Waals surface area contributed by atoms with Crippen molar-refractivity contribution < 1.29 is 0 Å². The number of benzene rings is 1. The van der Waals surface area contributed by atoms with E-state index in [-0.39, 0.29) is 0 Å². The molecule has 0 radical (unpaired) electrons. The minimum atomic E-state index is 0.437. The molecule has 0 aliphatic heterocycles. The van der Waals surface area contributed by atoms with Gasteiger partial charge in [-0.2, -0.15) is 8.75 Å². The highest BCUT2D eigenvalue weighted by Crippen LogP contribution is 2.21. The number of hydrogen-bond acceptors (Lipinski definition) is 4. The molecular formula is C7H6ClN3S. The fourth-order valence-corrected chi connectivity index (χ4v) is 1.75. The number of rotatable bonds is 1. The second-order valence-electron chi connectivity index (χ2n) is 2.40. The molecule has 12 heavy (non-hydrogen) atoms. The highest BCUT2D eigenvalue weighted by molar-refractivity contribution is 7.00. The Hall–Kier alpha value is -0.710. The molecule has 0 aliphatic rings. The number of fused-ring (bicyclic) bond motifs is 1. The Balaban J connectivity index is 2.73. The van der Waals surface area contributed by atoms with E-state index in [9.17, 15) is 0 Å². The molecule has 2 rings (SSSR count). The Morgan fingerprint density at radius 2 is 2.00 bits per heavy atom. The molecule has 2 aromatic rings. The summed E-state index contributed by atoms with van der Waals surface area (Å²) in [6.07, 6.45) is 0. The molecule has 0 amide bonds. The Bertz CT molecular complexity index is 412. The third-order valence-electron chi connectivity index (χ3n) is 1.64. The van der Waals surface area contributed by atoms with Crippen LogP contribution in [0, 0.1) is 0 Å². The molecule has 0 spiro atoms. The van der Waals surface area contributed by atoms with Crippen molar-refractivity contribution in [3.05, 3.63) is 22.7 Å². The standard InChI is InChI=1S/C7H6ClN3S/c8-5-2-7-6(10-12-11-7)1-4(5)3-9/h1-2H,3,9H2. The molecule has 0 saturated heterocycles. The van der Waals surface area contributed by atoms with Crippen molar-refractivity contribution in [2.45, 2.75) is 6.54 Å². The number of hydrogen-bond donors (Lipinski definition) is 1. The van der Waals surface area contributed by atoms with Crippen molar-refractivity contribution >= 4 is 34.4 Å². The summed E-state index contributed by atoms with van der Waals surface area (Å²) in [5.74, 6) is 0. The van der Waals surface area contributed by atoms with E-state index in [0.717, 1.165) is 16.6 Å².